The van der Waals surface area contributed by atoms with Gasteiger partial charge in [-0.25, -0.2) is 0 Å². The van der Waals surface area contributed by atoms with Gasteiger partial charge in [-0.1, -0.05) is 24.8 Å². The van der Waals surface area contributed by atoms with Gasteiger partial charge in [-0.2, -0.15) is 0 Å². The highest BCUT2D eigenvalue weighted by molar-refractivity contribution is 5.93. The average Bonchev–Trinajstić information content (AvgIpc) is 3.00. The van der Waals surface area contributed by atoms with E-state index in [4.69, 9.17) is 14.9 Å². The van der Waals surface area contributed by atoms with Crippen molar-refractivity contribution in [3.8, 4) is 11.1 Å². The fourth-order valence-corrected chi connectivity index (χ4v) is 2.51. The lowest BCUT2D eigenvalue weighted by atomic mass is 9.99. The Morgan fingerprint density at radius 1 is 1.18 bits per heavy atom. The monoisotopic (exact) mass is 293 g/mol. The molecule has 22 heavy (non-hydrogen) atoms. The minimum Gasteiger partial charge on any atom is -0.494 e. The smallest absolute Gasteiger partial charge is 0.141 e. The summed E-state index contributed by atoms with van der Waals surface area (Å²) in [6.07, 6.45) is 1.71. The van der Waals surface area contributed by atoms with Crippen LogP contribution in [-0.2, 0) is 17.9 Å². The molecule has 1 heterocycles. The molecule has 2 aromatic carbocycles. The second kappa shape index (κ2) is 6.08. The van der Waals surface area contributed by atoms with Crippen LogP contribution in [-0.4, -0.2) is 0 Å². The van der Waals surface area contributed by atoms with Gasteiger partial charge in [-0.3, -0.25) is 0 Å². The third-order valence-corrected chi connectivity index (χ3v) is 3.57. The second-order valence-electron chi connectivity index (χ2n) is 5.38. The number of hydrogen-bond acceptors (Lipinski definition) is 3. The normalized spacial score (nSPS) is 10.8. The predicted molar refractivity (Wildman–Crippen MR) is 89.1 cm³/mol. The van der Waals surface area contributed by atoms with Gasteiger partial charge >= 0.3 is 0 Å². The molecule has 0 saturated carbocycles. The van der Waals surface area contributed by atoms with Crippen LogP contribution in [0.3, 0.4) is 0 Å². The van der Waals surface area contributed by atoms with Crippen molar-refractivity contribution < 1.29 is 9.15 Å². The number of rotatable bonds is 5. The van der Waals surface area contributed by atoms with Gasteiger partial charge < -0.3 is 14.9 Å². The molecule has 0 atom stereocenters. The first kappa shape index (κ1) is 14.4. The van der Waals surface area contributed by atoms with Crippen LogP contribution in [0, 0.1) is 0 Å². The van der Waals surface area contributed by atoms with Crippen molar-refractivity contribution in [1.29, 1.82) is 0 Å². The van der Waals surface area contributed by atoms with E-state index in [-0.39, 0.29) is 0 Å². The molecule has 0 radical (unpaired) electrons. The van der Waals surface area contributed by atoms with Crippen LogP contribution in [0.25, 0.3) is 22.1 Å². The van der Waals surface area contributed by atoms with Gasteiger partial charge in [0.1, 0.15) is 12.2 Å². The summed E-state index contributed by atoms with van der Waals surface area (Å²) in [5.74, 6) is 0.707. The third-order valence-electron chi connectivity index (χ3n) is 3.57. The fourth-order valence-electron chi connectivity index (χ4n) is 2.51. The lowest BCUT2D eigenvalue weighted by Crippen LogP contribution is -1.96. The minimum atomic E-state index is 0.500. The lowest BCUT2D eigenvalue weighted by molar-refractivity contribution is 0.202. The summed E-state index contributed by atoms with van der Waals surface area (Å²) in [5.41, 5.74) is 11.0. The summed E-state index contributed by atoms with van der Waals surface area (Å²) in [6.45, 7) is 6.64. The molecule has 3 heteroatoms. The molecule has 0 spiro atoms. The van der Waals surface area contributed by atoms with Gasteiger partial charge in [0.05, 0.1) is 12.0 Å². The molecule has 0 aliphatic rings. The molecule has 1 aromatic heterocycles. The van der Waals surface area contributed by atoms with E-state index in [1.54, 1.807) is 6.26 Å². The Morgan fingerprint density at radius 2 is 2.05 bits per heavy atom. The number of furan rings is 1. The van der Waals surface area contributed by atoms with Crippen LogP contribution in [0.1, 0.15) is 18.1 Å². The highest BCUT2D eigenvalue weighted by atomic mass is 16.5. The SMILES string of the molecule is C=C(C)OCc1cc(-c2cccc(CN)c2)c2occc2c1. The van der Waals surface area contributed by atoms with Crippen molar-refractivity contribution in [2.24, 2.45) is 5.73 Å². The van der Waals surface area contributed by atoms with Gasteiger partial charge in [0.15, 0.2) is 0 Å². The summed E-state index contributed by atoms with van der Waals surface area (Å²) < 4.78 is 11.2. The van der Waals surface area contributed by atoms with E-state index in [1.165, 1.54) is 0 Å². The van der Waals surface area contributed by atoms with Crippen LogP contribution in [0.4, 0.5) is 0 Å². The Labute approximate surface area is 130 Å². The van der Waals surface area contributed by atoms with Crippen molar-refractivity contribution in [1.82, 2.24) is 0 Å². The van der Waals surface area contributed by atoms with Gasteiger partial charge in [0.25, 0.3) is 0 Å². The molecule has 0 bridgehead atoms. The molecule has 0 unspecified atom stereocenters. The van der Waals surface area contributed by atoms with Gasteiger partial charge in [-0.15, -0.1) is 0 Å². The molecular formula is C19H19NO2. The maximum Gasteiger partial charge on any atom is 0.141 e. The molecule has 0 amide bonds. The average molecular weight is 293 g/mol. The van der Waals surface area contributed by atoms with Gasteiger partial charge in [0.2, 0.25) is 0 Å². The molecular weight excluding hydrogens is 274 g/mol. The van der Waals surface area contributed by atoms with Crippen molar-refractivity contribution in [2.75, 3.05) is 0 Å². The zero-order valence-corrected chi connectivity index (χ0v) is 12.6. The Bertz CT molecular complexity index is 817. The van der Waals surface area contributed by atoms with E-state index in [1.807, 2.05) is 25.1 Å². The Balaban J connectivity index is 2.09. The van der Waals surface area contributed by atoms with Crippen LogP contribution < -0.4 is 5.73 Å². The van der Waals surface area contributed by atoms with Crippen LogP contribution in [0.5, 0.6) is 0 Å². The molecule has 0 saturated heterocycles. The van der Waals surface area contributed by atoms with Crippen molar-refractivity contribution in [2.45, 2.75) is 20.1 Å². The summed E-state index contributed by atoms with van der Waals surface area (Å²) >= 11 is 0. The van der Waals surface area contributed by atoms with Crippen LogP contribution in [0.2, 0.25) is 0 Å². The minimum absolute atomic E-state index is 0.500. The number of benzene rings is 2. The second-order valence-corrected chi connectivity index (χ2v) is 5.38. The summed E-state index contributed by atoms with van der Waals surface area (Å²) in [4.78, 5) is 0. The number of allylic oxidation sites excluding steroid dienone is 1. The Hall–Kier alpha value is -2.52. The maximum absolute atomic E-state index is 5.75. The molecule has 3 nitrogen and oxygen atoms in total. The summed E-state index contributed by atoms with van der Waals surface area (Å²) in [7, 11) is 0. The van der Waals surface area contributed by atoms with E-state index < -0.39 is 0 Å². The molecule has 3 aromatic rings. The number of ether oxygens (including phenoxy) is 1. The maximum atomic E-state index is 5.75. The van der Waals surface area contributed by atoms with Crippen molar-refractivity contribution in [3.05, 3.63) is 72.2 Å². The first-order valence-electron chi connectivity index (χ1n) is 7.25. The van der Waals surface area contributed by atoms with E-state index in [2.05, 4.69) is 30.8 Å². The fraction of sp³-hybridized carbons (Fsp3) is 0.158. The Morgan fingerprint density at radius 3 is 2.82 bits per heavy atom. The first-order chi connectivity index (χ1) is 10.7. The topological polar surface area (TPSA) is 48.4 Å². The van der Waals surface area contributed by atoms with E-state index in [0.29, 0.717) is 18.9 Å². The molecule has 3 rings (SSSR count). The largest absolute Gasteiger partial charge is 0.494 e. The van der Waals surface area contributed by atoms with Crippen LogP contribution >= 0.6 is 0 Å². The highest BCUT2D eigenvalue weighted by Gasteiger charge is 2.10. The molecule has 0 aliphatic carbocycles. The van der Waals surface area contributed by atoms with E-state index in [0.717, 1.165) is 33.2 Å². The highest BCUT2D eigenvalue weighted by Crippen LogP contribution is 2.32. The van der Waals surface area contributed by atoms with E-state index >= 15 is 0 Å². The molecule has 0 fully saturated rings. The Kier molecular flexibility index (Phi) is 3.98. The van der Waals surface area contributed by atoms with Gasteiger partial charge in [-0.05, 0) is 47.9 Å². The third kappa shape index (κ3) is 2.90. The zero-order valence-electron chi connectivity index (χ0n) is 12.6. The first-order valence-corrected chi connectivity index (χ1v) is 7.25. The quantitative estimate of drug-likeness (QED) is 0.699. The number of hydrogen-bond donors (Lipinski definition) is 1. The van der Waals surface area contributed by atoms with Crippen LogP contribution in [0.15, 0.2) is 65.5 Å². The molecule has 0 aliphatic heterocycles. The molecule has 2 N–H and O–H groups in total. The number of nitrogens with two attached hydrogens (primary N) is 1. The number of fused-ring (bicyclic) bond motifs is 1. The van der Waals surface area contributed by atoms with Crippen molar-refractivity contribution in [3.63, 3.8) is 0 Å². The zero-order chi connectivity index (χ0) is 15.5. The van der Waals surface area contributed by atoms with E-state index in [9.17, 15) is 0 Å². The molecule has 112 valence electrons. The summed E-state index contributed by atoms with van der Waals surface area (Å²) in [6, 6.07) is 14.4. The lowest BCUT2D eigenvalue weighted by Gasteiger charge is -2.10. The van der Waals surface area contributed by atoms with Gasteiger partial charge in [0, 0.05) is 17.5 Å². The standard InChI is InChI=1S/C19H19NO2/c1-13(2)22-12-15-9-17-6-7-21-19(17)18(10-15)16-5-3-4-14(8-16)11-20/h3-10H,1,11-12,20H2,2H3. The summed E-state index contributed by atoms with van der Waals surface area (Å²) in [5, 5.41) is 1.07. The predicted octanol–water partition coefficient (Wildman–Crippen LogP) is 4.61. The van der Waals surface area contributed by atoms with Crippen molar-refractivity contribution >= 4 is 11.0 Å².